The van der Waals surface area contributed by atoms with Crippen molar-refractivity contribution in [1.29, 1.82) is 0 Å². The van der Waals surface area contributed by atoms with Gasteiger partial charge in [-0.3, -0.25) is 14.4 Å². The lowest BCUT2D eigenvalue weighted by Crippen LogP contribution is -2.60. The molecule has 10 nitrogen and oxygen atoms in total. The second-order valence-corrected chi connectivity index (χ2v) is 16.2. The molecular weight excluding hydrogens is 624 g/mol. The number of hydrogen-bond donors (Lipinski definition) is 2. The van der Waals surface area contributed by atoms with Gasteiger partial charge in [0.25, 0.3) is 5.91 Å². The van der Waals surface area contributed by atoms with Gasteiger partial charge in [-0.25, -0.2) is 8.42 Å². The van der Waals surface area contributed by atoms with Gasteiger partial charge < -0.3 is 20.2 Å². The highest BCUT2D eigenvalue weighted by Gasteiger charge is 2.52. The molecule has 0 unspecified atom stereocenters. The molecule has 2 bridgehead atoms. The Morgan fingerprint density at radius 3 is 2.43 bits per heavy atom. The Labute approximate surface area is 265 Å². The van der Waals surface area contributed by atoms with Crippen LogP contribution in [0.2, 0.25) is 5.02 Å². The van der Waals surface area contributed by atoms with E-state index in [4.69, 9.17) is 11.6 Å². The number of amides is 3. The van der Waals surface area contributed by atoms with Crippen LogP contribution in [0.3, 0.4) is 0 Å². The zero-order valence-electron chi connectivity index (χ0n) is 24.7. The largest absolute Gasteiger partial charge is 0.508 e. The maximum Gasteiger partial charge on any atom is 0.262 e. The van der Waals surface area contributed by atoms with Gasteiger partial charge in [-0.1, -0.05) is 50.6 Å². The number of hydrogen-bond acceptors (Lipinski definition) is 7. The van der Waals surface area contributed by atoms with E-state index in [2.05, 4.69) is 5.32 Å². The van der Waals surface area contributed by atoms with Crippen molar-refractivity contribution in [2.75, 3.05) is 19.6 Å². The number of aromatic hydroxyl groups is 1. The molecule has 3 aliphatic heterocycles. The third kappa shape index (κ3) is 5.46. The second kappa shape index (κ2) is 11.3. The van der Waals surface area contributed by atoms with Gasteiger partial charge in [0, 0.05) is 30.4 Å². The van der Waals surface area contributed by atoms with Crippen molar-refractivity contribution in [2.24, 2.45) is 5.41 Å². The molecule has 4 atom stereocenters. The van der Waals surface area contributed by atoms with Crippen LogP contribution in [0.4, 0.5) is 0 Å². The smallest absolute Gasteiger partial charge is 0.262 e. The molecule has 6 rings (SSSR count). The molecule has 4 heterocycles. The van der Waals surface area contributed by atoms with Crippen LogP contribution in [0.25, 0.3) is 10.1 Å². The predicted octanol–water partition coefficient (Wildman–Crippen LogP) is 4.07. The Balaban J connectivity index is 1.15. The molecule has 13 heteroatoms. The Hall–Kier alpha value is -3.19. The van der Waals surface area contributed by atoms with Crippen molar-refractivity contribution < 1.29 is 27.9 Å². The first-order valence-electron chi connectivity index (χ1n) is 14.7. The number of rotatable bonds is 6. The minimum Gasteiger partial charge on any atom is -0.508 e. The van der Waals surface area contributed by atoms with E-state index in [9.17, 15) is 27.9 Å². The lowest BCUT2D eigenvalue weighted by Gasteiger charge is -2.40. The number of fused-ring (bicyclic) bond motifs is 3. The van der Waals surface area contributed by atoms with Crippen LogP contribution in [0, 0.1) is 5.41 Å². The fourth-order valence-corrected chi connectivity index (χ4v) is 9.71. The summed E-state index contributed by atoms with van der Waals surface area (Å²) in [5.41, 5.74) is -0.563. The zero-order valence-corrected chi connectivity index (χ0v) is 27.1. The highest BCUT2D eigenvalue weighted by molar-refractivity contribution is 7.89. The maximum absolute atomic E-state index is 13.9. The first-order chi connectivity index (χ1) is 20.8. The van der Waals surface area contributed by atoms with Crippen molar-refractivity contribution in [3.05, 3.63) is 58.4 Å². The monoisotopic (exact) mass is 658 g/mol. The Kier molecular flexibility index (Phi) is 7.92. The number of thiophene rings is 1. The molecule has 44 heavy (non-hydrogen) atoms. The van der Waals surface area contributed by atoms with Crippen LogP contribution in [-0.4, -0.2) is 89.2 Å². The summed E-state index contributed by atoms with van der Waals surface area (Å²) in [6.45, 7) is 6.53. The third-order valence-electron chi connectivity index (χ3n) is 8.83. The Morgan fingerprint density at radius 2 is 1.75 bits per heavy atom. The fraction of sp³-hybridized carbons (Fsp3) is 0.452. The molecule has 3 aromatic rings. The number of halogens is 1. The Morgan fingerprint density at radius 1 is 1.05 bits per heavy atom. The number of phenols is 1. The van der Waals surface area contributed by atoms with Gasteiger partial charge in [0.05, 0.1) is 22.0 Å². The van der Waals surface area contributed by atoms with Crippen molar-refractivity contribution in [2.45, 2.75) is 69.1 Å². The van der Waals surface area contributed by atoms with Crippen LogP contribution in [0.15, 0.2) is 53.4 Å². The van der Waals surface area contributed by atoms with Gasteiger partial charge in [0.2, 0.25) is 21.8 Å². The lowest BCUT2D eigenvalue weighted by molar-refractivity contribution is -0.144. The van der Waals surface area contributed by atoms with Crippen LogP contribution in [-0.2, 0) is 19.6 Å². The van der Waals surface area contributed by atoms with Gasteiger partial charge >= 0.3 is 0 Å². The van der Waals surface area contributed by atoms with E-state index >= 15 is 0 Å². The van der Waals surface area contributed by atoms with Crippen molar-refractivity contribution in [3.63, 3.8) is 0 Å². The number of nitrogens with zero attached hydrogens (tertiary/aromatic N) is 3. The summed E-state index contributed by atoms with van der Waals surface area (Å²) < 4.78 is 29.2. The minimum absolute atomic E-state index is 0.0249. The van der Waals surface area contributed by atoms with Crippen LogP contribution < -0.4 is 5.32 Å². The quantitative estimate of drug-likeness (QED) is 0.411. The molecule has 0 spiro atoms. The minimum atomic E-state index is -4.13. The second-order valence-electron chi connectivity index (χ2n) is 12.8. The van der Waals surface area contributed by atoms with Gasteiger partial charge in [-0.2, -0.15) is 4.31 Å². The van der Waals surface area contributed by atoms with E-state index in [0.717, 1.165) is 16.2 Å². The molecule has 3 aliphatic rings. The summed E-state index contributed by atoms with van der Waals surface area (Å²) in [4.78, 5) is 44.8. The van der Waals surface area contributed by atoms with Crippen LogP contribution >= 0.6 is 22.9 Å². The van der Waals surface area contributed by atoms with Gasteiger partial charge in [0.15, 0.2) is 0 Å². The van der Waals surface area contributed by atoms with Crippen molar-refractivity contribution >= 4 is 60.8 Å². The average Bonchev–Trinajstić information content (AvgIpc) is 3.78. The van der Waals surface area contributed by atoms with Crippen LogP contribution in [0.5, 0.6) is 5.75 Å². The number of nitrogens with one attached hydrogen (secondary N) is 1. The molecule has 3 amide bonds. The molecule has 1 aromatic heterocycles. The standard InChI is InChI=1S/C31H35ClN4O6S2/c1-31(2,3)27(33-28(38)25-13-18-7-4-5-9-24(18)43-25)30(40)35-17-19-14-20(35)16-34(19)29(39)23-8-6-12-36(23)44(41,42)26-15-21(37)10-11-22(26)32/h4-5,7,9-11,13,15,19-20,23,27,37H,6,8,12,14,16-17H2,1-3H3,(H,33,38)/t19-,20-,23-,27+/m0/s1. The zero-order chi connectivity index (χ0) is 31.6. The fourth-order valence-electron chi connectivity index (χ4n) is 6.60. The summed E-state index contributed by atoms with van der Waals surface area (Å²) in [5.74, 6) is -0.997. The first kappa shape index (κ1) is 30.8. The average molecular weight is 659 g/mol. The molecule has 0 radical (unpaired) electrons. The molecule has 2 aromatic carbocycles. The number of carbonyl (C=O) groups excluding carboxylic acids is 3. The third-order valence-corrected chi connectivity index (χ3v) is 12.3. The molecule has 2 N–H and O–H groups in total. The summed E-state index contributed by atoms with van der Waals surface area (Å²) in [6, 6.07) is 11.2. The number of carbonyl (C=O) groups is 3. The van der Waals surface area contributed by atoms with E-state index in [1.807, 2.05) is 51.1 Å². The number of phenolic OH excluding ortho intramolecular Hbond substituents is 1. The summed E-state index contributed by atoms with van der Waals surface area (Å²) in [5, 5.41) is 13.8. The van der Waals surface area contributed by atoms with E-state index in [1.165, 1.54) is 27.8 Å². The summed E-state index contributed by atoms with van der Waals surface area (Å²) in [7, 11) is -4.13. The number of sulfonamides is 1. The van der Waals surface area contributed by atoms with E-state index in [0.29, 0.717) is 37.2 Å². The van der Waals surface area contributed by atoms with E-state index < -0.39 is 27.5 Å². The lowest BCUT2D eigenvalue weighted by atomic mass is 9.85. The van der Waals surface area contributed by atoms with Gasteiger partial charge in [0.1, 0.15) is 22.7 Å². The van der Waals surface area contributed by atoms with Crippen LogP contribution in [0.1, 0.15) is 49.7 Å². The van der Waals surface area contributed by atoms with E-state index in [-0.39, 0.29) is 52.0 Å². The SMILES string of the molecule is CC(C)(C)[C@H](NC(=O)c1cc2ccccc2s1)C(=O)N1C[C@@H]2C[C@H]1CN2C(=O)[C@@H]1CCCN1S(=O)(=O)c1cc(O)ccc1Cl. The predicted molar refractivity (Wildman–Crippen MR) is 168 cm³/mol. The highest BCUT2D eigenvalue weighted by atomic mass is 35.5. The molecule has 234 valence electrons. The molecule has 0 aliphatic carbocycles. The van der Waals surface area contributed by atoms with Gasteiger partial charge in [-0.15, -0.1) is 11.3 Å². The number of benzene rings is 2. The Bertz CT molecular complexity index is 1720. The first-order valence-corrected chi connectivity index (χ1v) is 17.3. The highest BCUT2D eigenvalue weighted by Crippen LogP contribution is 2.37. The summed E-state index contributed by atoms with van der Waals surface area (Å²) in [6.07, 6.45) is 1.49. The van der Waals surface area contributed by atoms with E-state index in [1.54, 1.807) is 9.80 Å². The topological polar surface area (TPSA) is 127 Å². The summed E-state index contributed by atoms with van der Waals surface area (Å²) >= 11 is 7.56. The van der Waals surface area contributed by atoms with Crippen molar-refractivity contribution in [3.8, 4) is 5.75 Å². The number of piperazine rings is 1. The molecule has 3 fully saturated rings. The maximum atomic E-state index is 13.9. The van der Waals surface area contributed by atoms with Crippen molar-refractivity contribution in [1.82, 2.24) is 19.4 Å². The van der Waals surface area contributed by atoms with Gasteiger partial charge in [-0.05, 0) is 54.3 Å². The molecule has 3 saturated heterocycles. The normalized spacial score (nSPS) is 23.0. The molecular formula is C31H35ClN4O6S2. The number of likely N-dealkylation sites (tertiary alicyclic amines) is 2. The molecule has 0 saturated carbocycles.